The third-order valence-corrected chi connectivity index (χ3v) is 2.08. The maximum Gasteiger partial charge on any atom is 0.166 e. The lowest BCUT2D eigenvalue weighted by Gasteiger charge is -2.17. The maximum absolute atomic E-state index is 5.82. The normalized spacial score (nSPS) is 10.6. The van der Waals surface area contributed by atoms with E-state index in [1.54, 1.807) is 0 Å². The van der Waals surface area contributed by atoms with Crippen molar-refractivity contribution in [1.29, 1.82) is 0 Å². The second-order valence-corrected chi connectivity index (χ2v) is 3.87. The van der Waals surface area contributed by atoms with Crippen LogP contribution in [0.3, 0.4) is 0 Å². The lowest BCUT2D eigenvalue weighted by molar-refractivity contribution is 0.221. The topological polar surface area (TPSA) is 30.5 Å². The maximum atomic E-state index is 5.82. The molecule has 0 saturated heterocycles. The molecule has 0 spiro atoms. The third-order valence-electron chi connectivity index (χ3n) is 2.08. The van der Waals surface area contributed by atoms with Crippen molar-refractivity contribution < 1.29 is 9.47 Å². The van der Waals surface area contributed by atoms with E-state index in [4.69, 9.17) is 9.47 Å². The molecule has 0 aromatic heterocycles. The van der Waals surface area contributed by atoms with Crippen LogP contribution in [0.25, 0.3) is 0 Å². The van der Waals surface area contributed by atoms with Gasteiger partial charge in [0.2, 0.25) is 0 Å². The molecule has 0 aliphatic heterocycles. The van der Waals surface area contributed by atoms with Crippen molar-refractivity contribution in [2.75, 3.05) is 13.7 Å². The molecular formula is C13H21NO2. The first-order valence-electron chi connectivity index (χ1n) is 5.75. The molecule has 90 valence electrons. The van der Waals surface area contributed by atoms with E-state index in [0.29, 0.717) is 6.61 Å². The summed E-state index contributed by atoms with van der Waals surface area (Å²) in [6.07, 6.45) is 0.150. The Morgan fingerprint density at radius 2 is 2.06 bits per heavy atom. The number of hydrogen-bond donors (Lipinski definition) is 1. The van der Waals surface area contributed by atoms with E-state index < -0.39 is 0 Å². The Balaban J connectivity index is 3.01. The molecule has 16 heavy (non-hydrogen) atoms. The van der Waals surface area contributed by atoms with Crippen LogP contribution in [0.4, 0.5) is 0 Å². The lowest BCUT2D eigenvalue weighted by Crippen LogP contribution is -2.12. The molecule has 1 N–H and O–H groups in total. The monoisotopic (exact) mass is 223 g/mol. The van der Waals surface area contributed by atoms with E-state index in [2.05, 4.69) is 11.4 Å². The number of nitrogens with one attached hydrogen (secondary N) is 1. The van der Waals surface area contributed by atoms with Gasteiger partial charge in [-0.15, -0.1) is 0 Å². The lowest BCUT2D eigenvalue weighted by atomic mass is 10.2. The zero-order valence-electron chi connectivity index (χ0n) is 10.5. The van der Waals surface area contributed by atoms with Gasteiger partial charge in [-0.1, -0.05) is 12.1 Å². The molecular weight excluding hydrogens is 202 g/mol. The Bertz CT molecular complexity index is 299. The van der Waals surface area contributed by atoms with Gasteiger partial charge in [0.05, 0.1) is 12.7 Å². The molecule has 0 fully saturated rings. The van der Waals surface area contributed by atoms with Crippen molar-refractivity contribution in [3.63, 3.8) is 0 Å². The van der Waals surface area contributed by atoms with Gasteiger partial charge in [0.15, 0.2) is 11.5 Å². The second-order valence-electron chi connectivity index (χ2n) is 3.87. The minimum Gasteiger partial charge on any atom is -0.490 e. The number of rotatable bonds is 6. The van der Waals surface area contributed by atoms with Gasteiger partial charge in [-0.25, -0.2) is 0 Å². The van der Waals surface area contributed by atoms with Crippen molar-refractivity contribution in [2.45, 2.75) is 33.4 Å². The van der Waals surface area contributed by atoms with Crippen molar-refractivity contribution in [1.82, 2.24) is 5.32 Å². The molecule has 0 heterocycles. The molecule has 3 nitrogen and oxygen atoms in total. The average molecular weight is 223 g/mol. The van der Waals surface area contributed by atoms with Crippen molar-refractivity contribution in [3.8, 4) is 11.5 Å². The fourth-order valence-electron chi connectivity index (χ4n) is 1.53. The smallest absolute Gasteiger partial charge is 0.166 e. The SMILES string of the molecule is CCOc1cccc(CNC)c1OC(C)C. The highest BCUT2D eigenvalue weighted by Gasteiger charge is 2.11. The molecule has 3 heteroatoms. The van der Waals surface area contributed by atoms with E-state index in [9.17, 15) is 0 Å². The van der Waals surface area contributed by atoms with Crippen molar-refractivity contribution >= 4 is 0 Å². The van der Waals surface area contributed by atoms with Gasteiger partial charge in [-0.3, -0.25) is 0 Å². The summed E-state index contributed by atoms with van der Waals surface area (Å²) in [7, 11) is 1.92. The van der Waals surface area contributed by atoms with E-state index in [0.717, 1.165) is 23.6 Å². The van der Waals surface area contributed by atoms with E-state index in [-0.39, 0.29) is 6.10 Å². The Hall–Kier alpha value is -1.22. The number of benzene rings is 1. The Morgan fingerprint density at radius 3 is 2.62 bits per heavy atom. The van der Waals surface area contributed by atoms with Gasteiger partial charge in [0.25, 0.3) is 0 Å². The van der Waals surface area contributed by atoms with Gasteiger partial charge in [0, 0.05) is 12.1 Å². The molecule has 0 aliphatic rings. The second kappa shape index (κ2) is 6.38. The number of ether oxygens (including phenoxy) is 2. The Kier molecular flexibility index (Phi) is 5.12. The molecule has 1 aromatic rings. The first kappa shape index (κ1) is 12.8. The van der Waals surface area contributed by atoms with Gasteiger partial charge in [0.1, 0.15) is 0 Å². The summed E-state index contributed by atoms with van der Waals surface area (Å²) in [5, 5.41) is 3.13. The summed E-state index contributed by atoms with van der Waals surface area (Å²) in [6, 6.07) is 5.99. The molecule has 0 atom stereocenters. The largest absolute Gasteiger partial charge is 0.490 e. The van der Waals surface area contributed by atoms with Crippen LogP contribution in [0.5, 0.6) is 11.5 Å². The zero-order chi connectivity index (χ0) is 12.0. The van der Waals surface area contributed by atoms with Crippen LogP contribution >= 0.6 is 0 Å². The predicted octanol–water partition coefficient (Wildman–Crippen LogP) is 2.59. The summed E-state index contributed by atoms with van der Waals surface area (Å²) in [6.45, 7) is 7.45. The highest BCUT2D eigenvalue weighted by Crippen LogP contribution is 2.32. The fourth-order valence-corrected chi connectivity index (χ4v) is 1.53. The molecule has 0 aliphatic carbocycles. The quantitative estimate of drug-likeness (QED) is 0.804. The molecule has 1 aromatic carbocycles. The Labute approximate surface area is 97.8 Å². The van der Waals surface area contributed by atoms with Gasteiger partial charge >= 0.3 is 0 Å². The molecule has 0 amide bonds. The van der Waals surface area contributed by atoms with Crippen LogP contribution in [0.2, 0.25) is 0 Å². The van der Waals surface area contributed by atoms with Gasteiger partial charge in [-0.05, 0) is 33.9 Å². The van der Waals surface area contributed by atoms with E-state index >= 15 is 0 Å². The summed E-state index contributed by atoms with van der Waals surface area (Å²) < 4.78 is 11.4. The molecule has 0 bridgehead atoms. The number of para-hydroxylation sites is 1. The van der Waals surface area contributed by atoms with Crippen LogP contribution in [0, 0.1) is 0 Å². The van der Waals surface area contributed by atoms with E-state index in [1.165, 1.54) is 0 Å². The van der Waals surface area contributed by atoms with Crippen LogP contribution in [-0.2, 0) is 6.54 Å². The van der Waals surface area contributed by atoms with Crippen molar-refractivity contribution in [2.24, 2.45) is 0 Å². The first-order valence-corrected chi connectivity index (χ1v) is 5.75. The fraction of sp³-hybridized carbons (Fsp3) is 0.538. The minimum absolute atomic E-state index is 0.150. The molecule has 0 unspecified atom stereocenters. The summed E-state index contributed by atoms with van der Waals surface area (Å²) in [5.41, 5.74) is 1.13. The predicted molar refractivity (Wildman–Crippen MR) is 66.1 cm³/mol. The minimum atomic E-state index is 0.150. The van der Waals surface area contributed by atoms with Crippen LogP contribution < -0.4 is 14.8 Å². The average Bonchev–Trinajstić information content (AvgIpc) is 2.23. The molecule has 0 saturated carbocycles. The van der Waals surface area contributed by atoms with E-state index in [1.807, 2.05) is 40.0 Å². The molecule has 1 rings (SSSR count). The summed E-state index contributed by atoms with van der Waals surface area (Å²) in [5.74, 6) is 1.68. The zero-order valence-corrected chi connectivity index (χ0v) is 10.5. The van der Waals surface area contributed by atoms with Crippen LogP contribution in [0.1, 0.15) is 26.3 Å². The van der Waals surface area contributed by atoms with Crippen molar-refractivity contribution in [3.05, 3.63) is 23.8 Å². The van der Waals surface area contributed by atoms with Crippen LogP contribution in [-0.4, -0.2) is 19.8 Å². The highest BCUT2D eigenvalue weighted by molar-refractivity contribution is 5.46. The first-order chi connectivity index (χ1) is 7.69. The standard InChI is InChI=1S/C13H21NO2/c1-5-15-12-8-6-7-11(9-14-4)13(12)16-10(2)3/h6-8,10,14H,5,9H2,1-4H3. The van der Waals surface area contributed by atoms with Crippen LogP contribution in [0.15, 0.2) is 18.2 Å². The summed E-state index contributed by atoms with van der Waals surface area (Å²) >= 11 is 0. The highest BCUT2D eigenvalue weighted by atomic mass is 16.5. The Morgan fingerprint density at radius 1 is 1.31 bits per heavy atom. The van der Waals surface area contributed by atoms with Gasteiger partial charge < -0.3 is 14.8 Å². The summed E-state index contributed by atoms with van der Waals surface area (Å²) in [4.78, 5) is 0. The van der Waals surface area contributed by atoms with Gasteiger partial charge in [-0.2, -0.15) is 0 Å². The molecule has 0 radical (unpaired) electrons. The third kappa shape index (κ3) is 3.42. The number of hydrogen-bond acceptors (Lipinski definition) is 3.